The summed E-state index contributed by atoms with van der Waals surface area (Å²) in [4.78, 5) is 28.6. The van der Waals surface area contributed by atoms with Gasteiger partial charge in [0.2, 0.25) is 0 Å². The molecule has 1 aliphatic heterocycles. The van der Waals surface area contributed by atoms with Gasteiger partial charge in [-0.1, -0.05) is 25.0 Å². The van der Waals surface area contributed by atoms with Crippen LogP contribution >= 0.6 is 0 Å². The Kier molecular flexibility index (Phi) is 5.35. The summed E-state index contributed by atoms with van der Waals surface area (Å²) < 4.78 is 4.76. The Morgan fingerprint density at radius 2 is 1.75 bits per heavy atom. The monoisotopic (exact) mass is 331 g/mol. The maximum Gasteiger partial charge on any atom is 0.339 e. The highest BCUT2D eigenvalue weighted by Crippen LogP contribution is 2.24. The van der Waals surface area contributed by atoms with Gasteiger partial charge in [-0.3, -0.25) is 4.90 Å². The number of urea groups is 1. The number of methoxy groups -OCH3 is 1. The van der Waals surface area contributed by atoms with Crippen LogP contribution in [-0.2, 0) is 4.74 Å². The highest BCUT2D eigenvalue weighted by atomic mass is 16.5. The van der Waals surface area contributed by atoms with E-state index >= 15 is 0 Å². The molecule has 0 radical (unpaired) electrons. The van der Waals surface area contributed by atoms with E-state index in [-0.39, 0.29) is 6.03 Å². The lowest BCUT2D eigenvalue weighted by molar-refractivity contribution is 0.0602. The minimum atomic E-state index is -0.447. The van der Waals surface area contributed by atoms with E-state index in [0.717, 1.165) is 26.2 Å². The van der Waals surface area contributed by atoms with E-state index in [1.807, 2.05) is 4.90 Å². The van der Waals surface area contributed by atoms with Crippen molar-refractivity contribution in [2.45, 2.75) is 31.7 Å². The van der Waals surface area contributed by atoms with Crippen LogP contribution in [0.5, 0.6) is 0 Å². The second-order valence-corrected chi connectivity index (χ2v) is 6.43. The number of piperazine rings is 1. The molecule has 2 fully saturated rings. The molecule has 1 aromatic rings. The van der Waals surface area contributed by atoms with Gasteiger partial charge in [-0.25, -0.2) is 9.59 Å². The lowest BCUT2D eigenvalue weighted by Crippen LogP contribution is -2.52. The normalized spacial score (nSPS) is 19.3. The number of amides is 2. The quantitative estimate of drug-likeness (QED) is 0.865. The Balaban J connectivity index is 1.57. The second kappa shape index (κ2) is 7.66. The fourth-order valence-electron chi connectivity index (χ4n) is 3.63. The summed E-state index contributed by atoms with van der Waals surface area (Å²) in [6.07, 6.45) is 5.24. The molecular weight excluding hydrogens is 306 g/mol. The van der Waals surface area contributed by atoms with Crippen molar-refractivity contribution in [2.24, 2.45) is 0 Å². The largest absolute Gasteiger partial charge is 0.465 e. The first-order chi connectivity index (χ1) is 11.7. The van der Waals surface area contributed by atoms with E-state index in [1.165, 1.54) is 32.8 Å². The van der Waals surface area contributed by atoms with Crippen molar-refractivity contribution in [1.82, 2.24) is 9.80 Å². The number of ether oxygens (including phenoxy) is 1. The van der Waals surface area contributed by atoms with Crippen LogP contribution in [0, 0.1) is 0 Å². The standard InChI is InChI=1S/C18H25N3O3/c1-24-17(22)15-8-4-5-9-16(15)19-18(23)21-12-10-20(11-13-21)14-6-2-3-7-14/h4-5,8-9,14H,2-3,6-7,10-13H2,1H3,(H,19,23). The smallest absolute Gasteiger partial charge is 0.339 e. The Labute approximate surface area is 142 Å². The first kappa shape index (κ1) is 16.8. The zero-order valence-corrected chi connectivity index (χ0v) is 14.2. The molecule has 1 N–H and O–H groups in total. The van der Waals surface area contributed by atoms with E-state index in [9.17, 15) is 9.59 Å². The summed E-state index contributed by atoms with van der Waals surface area (Å²) in [5.74, 6) is -0.447. The fraction of sp³-hybridized carbons (Fsp3) is 0.556. The van der Waals surface area contributed by atoms with Crippen molar-refractivity contribution >= 4 is 17.7 Å². The molecular formula is C18H25N3O3. The first-order valence-electron chi connectivity index (χ1n) is 8.66. The molecule has 24 heavy (non-hydrogen) atoms. The Bertz CT molecular complexity index is 591. The van der Waals surface area contributed by atoms with Crippen LogP contribution in [0.3, 0.4) is 0 Å². The van der Waals surface area contributed by atoms with Gasteiger partial charge in [-0.15, -0.1) is 0 Å². The molecule has 0 atom stereocenters. The summed E-state index contributed by atoms with van der Waals surface area (Å²) in [6.45, 7) is 3.30. The van der Waals surface area contributed by atoms with Gasteiger partial charge in [0.05, 0.1) is 18.4 Å². The Morgan fingerprint density at radius 3 is 2.42 bits per heavy atom. The van der Waals surface area contributed by atoms with Gasteiger partial charge >= 0.3 is 12.0 Å². The molecule has 6 nitrogen and oxygen atoms in total. The third-order valence-corrected chi connectivity index (χ3v) is 5.02. The predicted octanol–water partition coefficient (Wildman–Crippen LogP) is 2.57. The van der Waals surface area contributed by atoms with Crippen LogP contribution in [0.4, 0.5) is 10.5 Å². The molecule has 3 rings (SSSR count). The van der Waals surface area contributed by atoms with Crippen LogP contribution in [0.25, 0.3) is 0 Å². The Hall–Kier alpha value is -2.08. The molecule has 6 heteroatoms. The lowest BCUT2D eigenvalue weighted by Gasteiger charge is -2.38. The zero-order chi connectivity index (χ0) is 16.9. The van der Waals surface area contributed by atoms with Gasteiger partial charge < -0.3 is 15.0 Å². The molecule has 1 heterocycles. The fourth-order valence-corrected chi connectivity index (χ4v) is 3.63. The number of rotatable bonds is 3. The van der Waals surface area contributed by atoms with Crippen molar-refractivity contribution in [3.05, 3.63) is 29.8 Å². The maximum atomic E-state index is 12.5. The van der Waals surface area contributed by atoms with E-state index in [1.54, 1.807) is 24.3 Å². The molecule has 0 aromatic heterocycles. The molecule has 2 amide bonds. The summed E-state index contributed by atoms with van der Waals surface area (Å²) in [6, 6.07) is 7.47. The summed E-state index contributed by atoms with van der Waals surface area (Å²) >= 11 is 0. The van der Waals surface area contributed by atoms with Crippen LogP contribution in [0.2, 0.25) is 0 Å². The number of anilines is 1. The first-order valence-corrected chi connectivity index (χ1v) is 8.66. The summed E-state index contributed by atoms with van der Waals surface area (Å²) in [5, 5.41) is 2.85. The molecule has 0 spiro atoms. The maximum absolute atomic E-state index is 12.5. The number of benzene rings is 1. The number of carbonyl (C=O) groups excluding carboxylic acids is 2. The molecule has 1 aliphatic carbocycles. The van der Waals surface area contributed by atoms with Crippen LogP contribution in [-0.4, -0.2) is 61.1 Å². The van der Waals surface area contributed by atoms with Crippen molar-refractivity contribution in [2.75, 3.05) is 38.6 Å². The number of nitrogens with zero attached hydrogens (tertiary/aromatic N) is 2. The summed E-state index contributed by atoms with van der Waals surface area (Å²) in [7, 11) is 1.34. The van der Waals surface area contributed by atoms with E-state index in [4.69, 9.17) is 4.74 Å². The van der Waals surface area contributed by atoms with Crippen molar-refractivity contribution in [1.29, 1.82) is 0 Å². The minimum absolute atomic E-state index is 0.155. The molecule has 0 bridgehead atoms. The van der Waals surface area contributed by atoms with Crippen LogP contribution in [0.1, 0.15) is 36.0 Å². The molecule has 1 saturated carbocycles. The third kappa shape index (κ3) is 3.70. The van der Waals surface area contributed by atoms with Crippen molar-refractivity contribution in [3.63, 3.8) is 0 Å². The number of esters is 1. The number of carbonyl (C=O) groups is 2. The molecule has 2 aliphatic rings. The van der Waals surface area contributed by atoms with Gasteiger partial charge in [-0.05, 0) is 25.0 Å². The number of hydrogen-bond donors (Lipinski definition) is 1. The highest BCUT2D eigenvalue weighted by Gasteiger charge is 2.28. The highest BCUT2D eigenvalue weighted by molar-refractivity contribution is 6.00. The molecule has 130 valence electrons. The summed E-state index contributed by atoms with van der Waals surface area (Å²) in [5.41, 5.74) is 0.866. The van der Waals surface area contributed by atoms with Gasteiger partial charge in [0.15, 0.2) is 0 Å². The SMILES string of the molecule is COC(=O)c1ccccc1NC(=O)N1CCN(C2CCCC2)CC1. The van der Waals surface area contributed by atoms with Gasteiger partial charge in [0.1, 0.15) is 0 Å². The van der Waals surface area contributed by atoms with Crippen LogP contribution in [0.15, 0.2) is 24.3 Å². The third-order valence-electron chi connectivity index (χ3n) is 5.02. The minimum Gasteiger partial charge on any atom is -0.465 e. The number of nitrogens with one attached hydrogen (secondary N) is 1. The molecule has 0 unspecified atom stereocenters. The van der Waals surface area contributed by atoms with E-state index in [2.05, 4.69) is 10.2 Å². The predicted molar refractivity (Wildman–Crippen MR) is 92.2 cm³/mol. The van der Waals surface area contributed by atoms with Gasteiger partial charge in [0, 0.05) is 32.2 Å². The Morgan fingerprint density at radius 1 is 1.08 bits per heavy atom. The van der Waals surface area contributed by atoms with Crippen LogP contribution < -0.4 is 5.32 Å². The average Bonchev–Trinajstić information content (AvgIpc) is 3.16. The number of hydrogen-bond acceptors (Lipinski definition) is 4. The van der Waals surface area contributed by atoms with Crippen molar-refractivity contribution in [3.8, 4) is 0 Å². The van der Waals surface area contributed by atoms with E-state index in [0.29, 0.717) is 17.3 Å². The van der Waals surface area contributed by atoms with Crippen molar-refractivity contribution < 1.29 is 14.3 Å². The second-order valence-electron chi connectivity index (χ2n) is 6.43. The van der Waals surface area contributed by atoms with Gasteiger partial charge in [-0.2, -0.15) is 0 Å². The van der Waals surface area contributed by atoms with Gasteiger partial charge in [0.25, 0.3) is 0 Å². The number of para-hydroxylation sites is 1. The van der Waals surface area contributed by atoms with E-state index < -0.39 is 5.97 Å². The average molecular weight is 331 g/mol. The lowest BCUT2D eigenvalue weighted by atomic mass is 10.1. The molecule has 1 saturated heterocycles. The topological polar surface area (TPSA) is 61.9 Å². The molecule has 1 aromatic carbocycles. The zero-order valence-electron chi connectivity index (χ0n) is 14.2.